The summed E-state index contributed by atoms with van der Waals surface area (Å²) in [6, 6.07) is -0.110. The number of hydrogen-bond donors (Lipinski definition) is 1. The molecule has 0 bridgehead atoms. The minimum atomic E-state index is -0.138. The molecule has 74 valence electrons. The van der Waals surface area contributed by atoms with E-state index in [9.17, 15) is 4.79 Å². The lowest BCUT2D eigenvalue weighted by Gasteiger charge is -2.10. The highest BCUT2D eigenvalue weighted by Gasteiger charge is 2.14. The van der Waals surface area contributed by atoms with Crippen molar-refractivity contribution in [3.05, 3.63) is 35.0 Å². The molecular weight excluding hydrogens is 182 g/mol. The van der Waals surface area contributed by atoms with Crippen molar-refractivity contribution in [2.45, 2.75) is 13.0 Å². The maximum Gasteiger partial charge on any atom is 0.326 e. The molecule has 0 amide bonds. The predicted molar refractivity (Wildman–Crippen MR) is 49.9 cm³/mol. The van der Waals surface area contributed by atoms with E-state index in [1.165, 1.54) is 0 Å². The summed E-state index contributed by atoms with van der Waals surface area (Å²) < 4.78 is 3.37. The van der Waals surface area contributed by atoms with Crippen LogP contribution in [-0.4, -0.2) is 24.3 Å². The molecule has 6 heteroatoms. The summed E-state index contributed by atoms with van der Waals surface area (Å²) in [5.74, 6) is 0.756. The fourth-order valence-corrected chi connectivity index (χ4v) is 1.43. The third kappa shape index (κ3) is 1.24. The molecular formula is C8H11N5O. The zero-order valence-corrected chi connectivity index (χ0v) is 8.01. The van der Waals surface area contributed by atoms with Crippen LogP contribution in [0.15, 0.2) is 23.5 Å². The number of hydrogen-bond acceptors (Lipinski definition) is 3. The van der Waals surface area contributed by atoms with Crippen molar-refractivity contribution < 1.29 is 0 Å². The molecule has 0 aliphatic carbocycles. The standard InChI is InChI=1S/C8H11N5O/c1-6(7-11-10-5-12(7)2)13-4-3-9-8(13)14/h3-6H,1-2H3,(H,9,14). The summed E-state index contributed by atoms with van der Waals surface area (Å²) in [5, 5.41) is 7.72. The highest BCUT2D eigenvalue weighted by Crippen LogP contribution is 2.10. The number of rotatable bonds is 2. The van der Waals surface area contributed by atoms with Crippen LogP contribution < -0.4 is 5.69 Å². The average molecular weight is 193 g/mol. The number of nitrogens with one attached hydrogen (secondary N) is 1. The van der Waals surface area contributed by atoms with Gasteiger partial charge in [-0.3, -0.25) is 4.57 Å². The van der Waals surface area contributed by atoms with Crippen molar-refractivity contribution >= 4 is 0 Å². The van der Waals surface area contributed by atoms with Crippen molar-refractivity contribution in [3.8, 4) is 0 Å². The molecule has 2 heterocycles. The molecule has 0 aliphatic heterocycles. The number of aromatic amines is 1. The molecule has 6 nitrogen and oxygen atoms in total. The Morgan fingerprint density at radius 3 is 2.86 bits per heavy atom. The fourth-order valence-electron chi connectivity index (χ4n) is 1.43. The summed E-state index contributed by atoms with van der Waals surface area (Å²) in [4.78, 5) is 13.9. The second kappa shape index (κ2) is 3.13. The van der Waals surface area contributed by atoms with Crippen LogP contribution in [0.5, 0.6) is 0 Å². The maximum absolute atomic E-state index is 11.3. The molecule has 2 aromatic heterocycles. The van der Waals surface area contributed by atoms with Gasteiger partial charge < -0.3 is 9.55 Å². The fraction of sp³-hybridized carbons (Fsp3) is 0.375. The minimum Gasteiger partial charge on any atom is -0.319 e. The van der Waals surface area contributed by atoms with E-state index in [-0.39, 0.29) is 11.7 Å². The third-order valence-electron chi connectivity index (χ3n) is 2.21. The zero-order chi connectivity index (χ0) is 10.1. The van der Waals surface area contributed by atoms with Crippen LogP contribution in [0, 0.1) is 0 Å². The second-order valence-electron chi connectivity index (χ2n) is 3.15. The first-order valence-electron chi connectivity index (χ1n) is 4.29. The lowest BCUT2D eigenvalue weighted by molar-refractivity contribution is 0.558. The average Bonchev–Trinajstić information content (AvgIpc) is 2.73. The molecule has 1 atom stereocenters. The number of nitrogens with zero attached hydrogens (tertiary/aromatic N) is 4. The molecule has 1 N–H and O–H groups in total. The van der Waals surface area contributed by atoms with Crippen LogP contribution in [0.4, 0.5) is 0 Å². The van der Waals surface area contributed by atoms with Gasteiger partial charge >= 0.3 is 5.69 Å². The first kappa shape index (κ1) is 8.74. The van der Waals surface area contributed by atoms with Crippen LogP contribution in [0.25, 0.3) is 0 Å². The lowest BCUT2D eigenvalue weighted by atomic mass is 10.3. The van der Waals surface area contributed by atoms with Crippen molar-refractivity contribution in [3.63, 3.8) is 0 Å². The highest BCUT2D eigenvalue weighted by molar-refractivity contribution is 4.96. The van der Waals surface area contributed by atoms with Gasteiger partial charge in [-0.2, -0.15) is 0 Å². The summed E-state index contributed by atoms with van der Waals surface area (Å²) in [6.45, 7) is 1.90. The van der Waals surface area contributed by atoms with Gasteiger partial charge in [0.2, 0.25) is 0 Å². The van der Waals surface area contributed by atoms with E-state index in [1.807, 2.05) is 14.0 Å². The Labute approximate surface area is 80.2 Å². The number of aryl methyl sites for hydroxylation is 1. The van der Waals surface area contributed by atoms with Gasteiger partial charge in [-0.05, 0) is 6.92 Å². The monoisotopic (exact) mass is 193 g/mol. The van der Waals surface area contributed by atoms with Gasteiger partial charge in [0.05, 0.1) is 6.04 Å². The largest absolute Gasteiger partial charge is 0.326 e. The van der Waals surface area contributed by atoms with E-state index in [2.05, 4.69) is 15.2 Å². The number of aromatic nitrogens is 5. The molecule has 0 saturated carbocycles. The smallest absolute Gasteiger partial charge is 0.319 e. The Balaban J connectivity index is 2.43. The van der Waals surface area contributed by atoms with Crippen LogP contribution in [0.1, 0.15) is 18.8 Å². The maximum atomic E-state index is 11.3. The second-order valence-corrected chi connectivity index (χ2v) is 3.15. The van der Waals surface area contributed by atoms with Crippen LogP contribution >= 0.6 is 0 Å². The van der Waals surface area contributed by atoms with Gasteiger partial charge in [0.15, 0.2) is 5.82 Å². The van der Waals surface area contributed by atoms with Gasteiger partial charge in [-0.15, -0.1) is 10.2 Å². The summed E-state index contributed by atoms with van der Waals surface area (Å²) in [6.07, 6.45) is 4.92. The minimum absolute atomic E-state index is 0.110. The Hall–Kier alpha value is -1.85. The molecule has 14 heavy (non-hydrogen) atoms. The summed E-state index contributed by atoms with van der Waals surface area (Å²) in [5.41, 5.74) is -0.138. The summed E-state index contributed by atoms with van der Waals surface area (Å²) in [7, 11) is 1.85. The summed E-state index contributed by atoms with van der Waals surface area (Å²) >= 11 is 0. The Morgan fingerprint density at radius 2 is 2.36 bits per heavy atom. The normalized spacial score (nSPS) is 13.0. The zero-order valence-electron chi connectivity index (χ0n) is 8.01. The molecule has 0 aromatic carbocycles. The van der Waals surface area contributed by atoms with Crippen molar-refractivity contribution in [2.75, 3.05) is 0 Å². The topological polar surface area (TPSA) is 68.5 Å². The molecule has 2 aromatic rings. The third-order valence-corrected chi connectivity index (χ3v) is 2.21. The molecule has 0 saturated heterocycles. The van der Waals surface area contributed by atoms with E-state index >= 15 is 0 Å². The lowest BCUT2D eigenvalue weighted by Crippen LogP contribution is -2.22. The quantitative estimate of drug-likeness (QED) is 0.725. The molecule has 1 unspecified atom stereocenters. The van der Waals surface area contributed by atoms with Gasteiger partial charge in [-0.25, -0.2) is 4.79 Å². The first-order valence-corrected chi connectivity index (χ1v) is 4.29. The Kier molecular flexibility index (Phi) is 1.95. The van der Waals surface area contributed by atoms with E-state index in [0.29, 0.717) is 0 Å². The van der Waals surface area contributed by atoms with Crippen LogP contribution in [0.2, 0.25) is 0 Å². The van der Waals surface area contributed by atoms with Gasteiger partial charge in [0, 0.05) is 19.4 Å². The van der Waals surface area contributed by atoms with E-state index in [1.54, 1.807) is 27.9 Å². The molecule has 0 radical (unpaired) electrons. The van der Waals surface area contributed by atoms with E-state index in [4.69, 9.17) is 0 Å². The Morgan fingerprint density at radius 1 is 1.57 bits per heavy atom. The Bertz CT molecular complexity index is 480. The van der Waals surface area contributed by atoms with Crippen LogP contribution in [-0.2, 0) is 7.05 Å². The van der Waals surface area contributed by atoms with Gasteiger partial charge in [-0.1, -0.05) is 0 Å². The van der Waals surface area contributed by atoms with Crippen LogP contribution in [0.3, 0.4) is 0 Å². The highest BCUT2D eigenvalue weighted by atomic mass is 16.1. The van der Waals surface area contributed by atoms with E-state index < -0.39 is 0 Å². The number of H-pyrrole nitrogens is 1. The van der Waals surface area contributed by atoms with Gasteiger partial charge in [0.1, 0.15) is 6.33 Å². The molecule has 0 fully saturated rings. The van der Waals surface area contributed by atoms with Crippen molar-refractivity contribution in [1.29, 1.82) is 0 Å². The molecule has 2 rings (SSSR count). The molecule has 0 aliphatic rings. The van der Waals surface area contributed by atoms with E-state index in [0.717, 1.165) is 5.82 Å². The first-order chi connectivity index (χ1) is 6.70. The van der Waals surface area contributed by atoms with Crippen molar-refractivity contribution in [2.24, 2.45) is 7.05 Å². The SMILES string of the molecule is CC(c1nncn1C)n1cc[nH]c1=O. The van der Waals surface area contributed by atoms with Gasteiger partial charge in [0.25, 0.3) is 0 Å². The predicted octanol–water partition coefficient (Wildman–Crippen LogP) is -0.0858. The number of imidazole rings is 1. The molecule has 0 spiro atoms. The van der Waals surface area contributed by atoms with Crippen molar-refractivity contribution in [1.82, 2.24) is 24.3 Å².